The van der Waals surface area contributed by atoms with Crippen molar-refractivity contribution >= 4 is 28.9 Å². The molecule has 1 saturated carbocycles. The van der Waals surface area contributed by atoms with E-state index in [2.05, 4.69) is 5.32 Å². The number of anilines is 1. The van der Waals surface area contributed by atoms with Crippen LogP contribution in [0.3, 0.4) is 0 Å². The number of rotatable bonds is 4. The summed E-state index contributed by atoms with van der Waals surface area (Å²) in [4.78, 5) is 21.7. The van der Waals surface area contributed by atoms with Crippen LogP contribution in [0, 0.1) is 16.0 Å². The number of carbonyl (C=O) groups is 1. The van der Waals surface area contributed by atoms with Gasteiger partial charge in [-0.2, -0.15) is 13.2 Å². The van der Waals surface area contributed by atoms with Crippen LogP contribution < -0.4 is 11.1 Å². The Labute approximate surface area is 140 Å². The Morgan fingerprint density at radius 1 is 1.33 bits per heavy atom. The molecular formula is C14H15ClF3N3O3. The molecule has 10 heteroatoms. The first-order chi connectivity index (χ1) is 11.1. The van der Waals surface area contributed by atoms with E-state index in [0.717, 1.165) is 18.9 Å². The molecule has 0 aliphatic heterocycles. The summed E-state index contributed by atoms with van der Waals surface area (Å²) in [5, 5.41) is 13.3. The molecule has 1 aliphatic rings. The number of hydrogen-bond acceptors (Lipinski definition) is 4. The van der Waals surface area contributed by atoms with Crippen LogP contribution in [0.5, 0.6) is 0 Å². The van der Waals surface area contributed by atoms with E-state index in [4.69, 9.17) is 17.3 Å². The first-order valence-electron chi connectivity index (χ1n) is 7.22. The second-order valence-corrected chi connectivity index (χ2v) is 6.06. The third kappa shape index (κ3) is 3.89. The third-order valence-corrected chi connectivity index (χ3v) is 4.37. The highest BCUT2D eigenvalue weighted by Gasteiger charge is 2.37. The number of halogens is 4. The van der Waals surface area contributed by atoms with Gasteiger partial charge < -0.3 is 11.1 Å². The minimum absolute atomic E-state index is 0.156. The quantitative estimate of drug-likeness (QED) is 0.627. The normalized spacial score (nSPS) is 21.3. The minimum Gasteiger partial charge on any atom is -0.376 e. The largest absolute Gasteiger partial charge is 0.418 e. The van der Waals surface area contributed by atoms with Gasteiger partial charge in [0.25, 0.3) is 5.69 Å². The molecule has 0 heterocycles. The Morgan fingerprint density at radius 2 is 1.96 bits per heavy atom. The number of nitrogens with one attached hydrogen (secondary N) is 1. The molecule has 132 valence electrons. The lowest BCUT2D eigenvalue weighted by Crippen LogP contribution is -2.40. The predicted octanol–water partition coefficient (Wildman–Crippen LogP) is 3.72. The average Bonchev–Trinajstić information content (AvgIpc) is 2.46. The van der Waals surface area contributed by atoms with Crippen molar-refractivity contribution in [3.8, 4) is 0 Å². The van der Waals surface area contributed by atoms with E-state index in [1.54, 1.807) is 0 Å². The fraction of sp³-hybridized carbons (Fsp3) is 0.500. The fourth-order valence-corrected chi connectivity index (χ4v) is 3.16. The zero-order valence-electron chi connectivity index (χ0n) is 12.4. The van der Waals surface area contributed by atoms with Gasteiger partial charge in [-0.3, -0.25) is 14.9 Å². The topological polar surface area (TPSA) is 98.3 Å². The number of nitrogens with two attached hydrogens (primary N) is 1. The van der Waals surface area contributed by atoms with Gasteiger partial charge in [0.05, 0.1) is 21.4 Å². The number of benzene rings is 1. The summed E-state index contributed by atoms with van der Waals surface area (Å²) in [6.07, 6.45) is -2.18. The molecule has 0 saturated heterocycles. The SMILES string of the molecule is NC(=O)C1CCCCC1Nc1cc(Cl)c(C(F)(F)F)cc1[N+](=O)[O-]. The van der Waals surface area contributed by atoms with Gasteiger partial charge in [-0.25, -0.2) is 0 Å². The van der Waals surface area contributed by atoms with Crippen molar-refractivity contribution in [3.05, 3.63) is 32.8 Å². The Kier molecular flexibility index (Phi) is 5.22. The van der Waals surface area contributed by atoms with E-state index in [-0.39, 0.29) is 5.69 Å². The number of nitrogens with zero attached hydrogens (tertiary/aromatic N) is 1. The molecule has 24 heavy (non-hydrogen) atoms. The molecule has 0 bridgehead atoms. The summed E-state index contributed by atoms with van der Waals surface area (Å²) >= 11 is 5.63. The van der Waals surface area contributed by atoms with Gasteiger partial charge in [0.2, 0.25) is 5.91 Å². The minimum atomic E-state index is -4.80. The maximum Gasteiger partial charge on any atom is 0.418 e. The second kappa shape index (κ2) is 6.84. The van der Waals surface area contributed by atoms with Gasteiger partial charge in [0, 0.05) is 12.1 Å². The molecular weight excluding hydrogens is 351 g/mol. The van der Waals surface area contributed by atoms with E-state index >= 15 is 0 Å². The molecule has 6 nitrogen and oxygen atoms in total. The van der Waals surface area contributed by atoms with E-state index in [9.17, 15) is 28.1 Å². The number of alkyl halides is 3. The van der Waals surface area contributed by atoms with Crippen LogP contribution in [0.15, 0.2) is 12.1 Å². The molecule has 0 aromatic heterocycles. The van der Waals surface area contributed by atoms with Gasteiger partial charge in [0.1, 0.15) is 5.69 Å². The predicted molar refractivity (Wildman–Crippen MR) is 81.7 cm³/mol. The van der Waals surface area contributed by atoms with Crippen molar-refractivity contribution in [3.63, 3.8) is 0 Å². The molecule has 2 atom stereocenters. The van der Waals surface area contributed by atoms with Crippen LogP contribution in [0.4, 0.5) is 24.5 Å². The van der Waals surface area contributed by atoms with Crippen LogP contribution in [0.25, 0.3) is 0 Å². The summed E-state index contributed by atoms with van der Waals surface area (Å²) < 4.78 is 38.6. The van der Waals surface area contributed by atoms with Crippen LogP contribution in [0.2, 0.25) is 5.02 Å². The monoisotopic (exact) mass is 365 g/mol. The molecule has 1 aromatic carbocycles. The van der Waals surface area contributed by atoms with Crippen LogP contribution in [0.1, 0.15) is 31.2 Å². The van der Waals surface area contributed by atoms with Crippen molar-refractivity contribution in [1.82, 2.24) is 0 Å². The van der Waals surface area contributed by atoms with Crippen LogP contribution in [-0.4, -0.2) is 16.9 Å². The summed E-state index contributed by atoms with van der Waals surface area (Å²) in [6, 6.07) is 0.782. The van der Waals surface area contributed by atoms with Gasteiger partial charge in [-0.05, 0) is 18.9 Å². The maximum atomic E-state index is 12.9. The van der Waals surface area contributed by atoms with E-state index in [1.165, 1.54) is 0 Å². The summed E-state index contributed by atoms with van der Waals surface area (Å²) in [7, 11) is 0. The number of carbonyl (C=O) groups excluding carboxylic acids is 1. The fourth-order valence-electron chi connectivity index (χ4n) is 2.89. The first kappa shape index (κ1) is 18.3. The lowest BCUT2D eigenvalue weighted by Gasteiger charge is -2.30. The van der Waals surface area contributed by atoms with Gasteiger partial charge in [-0.1, -0.05) is 24.4 Å². The van der Waals surface area contributed by atoms with Gasteiger partial charge in [-0.15, -0.1) is 0 Å². The lowest BCUT2D eigenvalue weighted by atomic mass is 9.84. The van der Waals surface area contributed by atoms with Crippen molar-refractivity contribution < 1.29 is 22.9 Å². The van der Waals surface area contributed by atoms with Gasteiger partial charge in [0.15, 0.2) is 0 Å². The first-order valence-corrected chi connectivity index (χ1v) is 7.60. The molecule has 1 fully saturated rings. The molecule has 0 radical (unpaired) electrons. The van der Waals surface area contributed by atoms with E-state index < -0.39 is 45.2 Å². The van der Waals surface area contributed by atoms with Crippen LogP contribution >= 0.6 is 11.6 Å². The summed E-state index contributed by atoms with van der Waals surface area (Å²) in [6.45, 7) is 0. The second-order valence-electron chi connectivity index (χ2n) is 5.65. The van der Waals surface area contributed by atoms with E-state index in [1.807, 2.05) is 0 Å². The van der Waals surface area contributed by atoms with Crippen molar-refractivity contribution in [2.75, 3.05) is 5.32 Å². The molecule has 0 spiro atoms. The molecule has 3 N–H and O–H groups in total. The van der Waals surface area contributed by atoms with E-state index in [0.29, 0.717) is 18.9 Å². The zero-order chi connectivity index (χ0) is 18.1. The summed E-state index contributed by atoms with van der Waals surface area (Å²) in [5.41, 5.74) is 3.15. The standard InChI is InChI=1S/C14H15ClF3N3O3/c15-9-6-11(12(21(23)24)5-8(9)14(16,17)18)20-10-4-2-1-3-7(10)13(19)22/h5-7,10,20H,1-4H2,(H2,19,22). The smallest absolute Gasteiger partial charge is 0.376 e. The van der Waals surface area contributed by atoms with Crippen molar-refractivity contribution in [2.45, 2.75) is 37.9 Å². The highest BCUT2D eigenvalue weighted by molar-refractivity contribution is 6.31. The molecule has 1 aromatic rings. The van der Waals surface area contributed by atoms with Crippen molar-refractivity contribution in [1.29, 1.82) is 0 Å². The number of amides is 1. The zero-order valence-corrected chi connectivity index (χ0v) is 13.2. The molecule has 1 amide bonds. The highest BCUT2D eigenvalue weighted by atomic mass is 35.5. The maximum absolute atomic E-state index is 12.9. The number of hydrogen-bond donors (Lipinski definition) is 2. The Bertz CT molecular complexity index is 667. The van der Waals surface area contributed by atoms with Gasteiger partial charge >= 0.3 is 6.18 Å². The van der Waals surface area contributed by atoms with Crippen molar-refractivity contribution in [2.24, 2.45) is 11.7 Å². The lowest BCUT2D eigenvalue weighted by molar-refractivity contribution is -0.384. The highest BCUT2D eigenvalue weighted by Crippen LogP contribution is 2.41. The molecule has 1 aliphatic carbocycles. The number of nitro benzene ring substituents is 1. The Morgan fingerprint density at radius 3 is 2.50 bits per heavy atom. The Hall–Kier alpha value is -2.03. The average molecular weight is 366 g/mol. The molecule has 2 rings (SSSR count). The Balaban J connectivity index is 2.40. The number of nitro groups is 1. The van der Waals surface area contributed by atoms with Crippen LogP contribution in [-0.2, 0) is 11.0 Å². The summed E-state index contributed by atoms with van der Waals surface area (Å²) in [5.74, 6) is -1.09. The number of primary amides is 1. The third-order valence-electron chi connectivity index (χ3n) is 4.06. The molecule has 2 unspecified atom stereocenters.